The Morgan fingerprint density at radius 3 is 2.43 bits per heavy atom. The van der Waals surface area contributed by atoms with Gasteiger partial charge in [-0.05, 0) is 17.9 Å². The number of nitrogens with one attached hydrogen (secondary N) is 2. The van der Waals surface area contributed by atoms with Crippen molar-refractivity contribution in [3.63, 3.8) is 0 Å². The van der Waals surface area contributed by atoms with Gasteiger partial charge in [-0.3, -0.25) is 0 Å². The first kappa shape index (κ1) is 17.0. The molecule has 0 bridgehead atoms. The van der Waals surface area contributed by atoms with Crippen LogP contribution in [-0.2, 0) is 16.0 Å². The van der Waals surface area contributed by atoms with Gasteiger partial charge in [0.2, 0.25) is 0 Å². The molecule has 1 rings (SSSR count). The van der Waals surface area contributed by atoms with Crippen LogP contribution in [-0.4, -0.2) is 31.7 Å². The molecule has 0 spiro atoms. The van der Waals surface area contributed by atoms with Crippen LogP contribution < -0.4 is 10.6 Å². The van der Waals surface area contributed by atoms with Gasteiger partial charge in [0, 0.05) is 13.0 Å². The number of benzene rings is 1. The van der Waals surface area contributed by atoms with E-state index in [0.29, 0.717) is 18.9 Å². The topological polar surface area (TPSA) is 67.4 Å². The Morgan fingerprint density at radius 1 is 1.19 bits per heavy atom. The first-order valence-corrected chi connectivity index (χ1v) is 7.19. The number of rotatable bonds is 7. The summed E-state index contributed by atoms with van der Waals surface area (Å²) in [5.74, 6) is 0.0730. The van der Waals surface area contributed by atoms with Gasteiger partial charge >= 0.3 is 12.0 Å². The van der Waals surface area contributed by atoms with Gasteiger partial charge in [-0.15, -0.1) is 0 Å². The zero-order valence-electron chi connectivity index (χ0n) is 12.9. The van der Waals surface area contributed by atoms with Gasteiger partial charge in [0.25, 0.3) is 0 Å². The molecule has 2 amide bonds. The van der Waals surface area contributed by atoms with E-state index in [0.717, 1.165) is 12.0 Å². The van der Waals surface area contributed by atoms with Crippen LogP contribution in [0.4, 0.5) is 4.79 Å². The molecule has 0 saturated heterocycles. The molecule has 21 heavy (non-hydrogen) atoms. The average molecular weight is 292 g/mol. The molecule has 116 valence electrons. The first-order chi connectivity index (χ1) is 10.0. The van der Waals surface area contributed by atoms with E-state index in [4.69, 9.17) is 4.74 Å². The lowest BCUT2D eigenvalue weighted by atomic mass is 10.1. The molecule has 5 nitrogen and oxygen atoms in total. The minimum Gasteiger partial charge on any atom is -0.467 e. The van der Waals surface area contributed by atoms with E-state index < -0.39 is 12.0 Å². The molecule has 0 fully saturated rings. The lowest BCUT2D eigenvalue weighted by Gasteiger charge is -2.17. The molecule has 0 aliphatic carbocycles. The van der Waals surface area contributed by atoms with Crippen molar-refractivity contribution in [3.05, 3.63) is 35.9 Å². The number of carbonyl (C=O) groups is 2. The number of esters is 1. The Hall–Kier alpha value is -2.04. The van der Waals surface area contributed by atoms with Crippen LogP contribution in [0.1, 0.15) is 25.8 Å². The SMILES string of the molecule is COC(=O)C(Cc1ccccc1)NC(=O)NCCC(C)C. The van der Waals surface area contributed by atoms with E-state index in [9.17, 15) is 9.59 Å². The van der Waals surface area contributed by atoms with Crippen molar-refractivity contribution in [2.45, 2.75) is 32.7 Å². The molecule has 2 N–H and O–H groups in total. The molecule has 0 aliphatic heterocycles. The molecule has 1 aromatic carbocycles. The maximum atomic E-state index is 11.8. The number of urea groups is 1. The summed E-state index contributed by atoms with van der Waals surface area (Å²) in [7, 11) is 1.32. The third kappa shape index (κ3) is 6.79. The predicted molar refractivity (Wildman–Crippen MR) is 81.9 cm³/mol. The Balaban J connectivity index is 2.54. The van der Waals surface area contributed by atoms with E-state index in [1.54, 1.807) is 0 Å². The molecule has 0 aromatic heterocycles. The van der Waals surface area contributed by atoms with E-state index in [2.05, 4.69) is 24.5 Å². The zero-order valence-corrected chi connectivity index (χ0v) is 12.9. The molecule has 0 heterocycles. The largest absolute Gasteiger partial charge is 0.467 e. The highest BCUT2D eigenvalue weighted by Crippen LogP contribution is 2.04. The molecule has 5 heteroatoms. The normalized spacial score (nSPS) is 11.8. The van der Waals surface area contributed by atoms with Crippen molar-refractivity contribution in [2.24, 2.45) is 5.92 Å². The second-order valence-electron chi connectivity index (χ2n) is 5.35. The summed E-state index contributed by atoms with van der Waals surface area (Å²) in [5, 5.41) is 5.42. The summed E-state index contributed by atoms with van der Waals surface area (Å²) in [6.45, 7) is 4.77. The highest BCUT2D eigenvalue weighted by molar-refractivity contribution is 5.83. The molecule has 1 aromatic rings. The number of methoxy groups -OCH3 is 1. The first-order valence-electron chi connectivity index (χ1n) is 7.19. The van der Waals surface area contributed by atoms with Gasteiger partial charge in [0.1, 0.15) is 6.04 Å². The third-order valence-corrected chi connectivity index (χ3v) is 3.08. The smallest absolute Gasteiger partial charge is 0.328 e. The van der Waals surface area contributed by atoms with Crippen LogP contribution in [0.3, 0.4) is 0 Å². The van der Waals surface area contributed by atoms with Crippen molar-refractivity contribution in [1.29, 1.82) is 0 Å². The number of hydrogen-bond acceptors (Lipinski definition) is 3. The molecular formula is C16H24N2O3. The van der Waals surface area contributed by atoms with E-state index in [-0.39, 0.29) is 6.03 Å². The van der Waals surface area contributed by atoms with Crippen molar-refractivity contribution < 1.29 is 14.3 Å². The minimum absolute atomic E-state index is 0.345. The van der Waals surface area contributed by atoms with Crippen LogP contribution in [0, 0.1) is 5.92 Å². The molecule has 0 saturated carbocycles. The number of amides is 2. The van der Waals surface area contributed by atoms with E-state index >= 15 is 0 Å². The van der Waals surface area contributed by atoms with E-state index in [1.807, 2.05) is 30.3 Å². The molecule has 0 aliphatic rings. The maximum Gasteiger partial charge on any atom is 0.328 e. The molecule has 1 unspecified atom stereocenters. The lowest BCUT2D eigenvalue weighted by Crippen LogP contribution is -2.47. The van der Waals surface area contributed by atoms with Crippen LogP contribution in [0.5, 0.6) is 0 Å². The third-order valence-electron chi connectivity index (χ3n) is 3.08. The fourth-order valence-electron chi connectivity index (χ4n) is 1.87. The molecular weight excluding hydrogens is 268 g/mol. The number of carbonyl (C=O) groups excluding carboxylic acids is 2. The molecule has 1 atom stereocenters. The number of ether oxygens (including phenoxy) is 1. The average Bonchev–Trinajstić information content (AvgIpc) is 2.46. The van der Waals surface area contributed by atoms with Gasteiger partial charge in [0.05, 0.1) is 7.11 Å². The fourth-order valence-corrected chi connectivity index (χ4v) is 1.87. The molecule has 0 radical (unpaired) electrons. The van der Waals surface area contributed by atoms with Crippen LogP contribution >= 0.6 is 0 Å². The number of hydrogen-bond donors (Lipinski definition) is 2. The van der Waals surface area contributed by atoms with Crippen molar-refractivity contribution in [3.8, 4) is 0 Å². The van der Waals surface area contributed by atoms with Gasteiger partial charge in [0.15, 0.2) is 0 Å². The summed E-state index contributed by atoms with van der Waals surface area (Å²) in [6, 6.07) is 8.49. The summed E-state index contributed by atoms with van der Waals surface area (Å²) >= 11 is 0. The standard InChI is InChI=1S/C16H24N2O3/c1-12(2)9-10-17-16(20)18-14(15(19)21-3)11-13-7-5-4-6-8-13/h4-8,12,14H,9-11H2,1-3H3,(H2,17,18,20). The van der Waals surface area contributed by atoms with Gasteiger partial charge in [-0.2, -0.15) is 0 Å². The Bertz CT molecular complexity index is 446. The highest BCUT2D eigenvalue weighted by Gasteiger charge is 2.21. The minimum atomic E-state index is -0.684. The predicted octanol–water partition coefficient (Wildman–Crippen LogP) is 2.12. The second kappa shape index (κ2) is 9.00. The summed E-state index contributed by atoms with van der Waals surface area (Å²) in [5.41, 5.74) is 0.968. The fraction of sp³-hybridized carbons (Fsp3) is 0.500. The quantitative estimate of drug-likeness (QED) is 0.756. The maximum absolute atomic E-state index is 11.8. The van der Waals surface area contributed by atoms with Crippen LogP contribution in [0.25, 0.3) is 0 Å². The zero-order chi connectivity index (χ0) is 15.7. The Morgan fingerprint density at radius 2 is 1.86 bits per heavy atom. The Kier molecular flexibility index (Phi) is 7.29. The van der Waals surface area contributed by atoms with Gasteiger partial charge < -0.3 is 15.4 Å². The summed E-state index contributed by atoms with van der Waals surface area (Å²) in [4.78, 5) is 23.6. The second-order valence-corrected chi connectivity index (χ2v) is 5.35. The van der Waals surface area contributed by atoms with Crippen LogP contribution in [0.15, 0.2) is 30.3 Å². The van der Waals surface area contributed by atoms with Gasteiger partial charge in [-0.25, -0.2) is 9.59 Å². The highest BCUT2D eigenvalue weighted by atomic mass is 16.5. The van der Waals surface area contributed by atoms with E-state index in [1.165, 1.54) is 7.11 Å². The van der Waals surface area contributed by atoms with Crippen molar-refractivity contribution in [2.75, 3.05) is 13.7 Å². The monoisotopic (exact) mass is 292 g/mol. The van der Waals surface area contributed by atoms with Crippen molar-refractivity contribution >= 4 is 12.0 Å². The Labute approximate surface area is 126 Å². The van der Waals surface area contributed by atoms with Gasteiger partial charge in [-0.1, -0.05) is 44.2 Å². The summed E-state index contributed by atoms with van der Waals surface area (Å²) < 4.78 is 4.75. The van der Waals surface area contributed by atoms with Crippen molar-refractivity contribution in [1.82, 2.24) is 10.6 Å². The summed E-state index contributed by atoms with van der Waals surface area (Å²) in [6.07, 6.45) is 1.31. The van der Waals surface area contributed by atoms with Crippen LogP contribution in [0.2, 0.25) is 0 Å². The lowest BCUT2D eigenvalue weighted by molar-refractivity contribution is -0.142.